The molecular formula is C39H39FN4O7Si. The highest BCUT2D eigenvalue weighted by atomic mass is 28.4. The maximum absolute atomic E-state index is 16.3. The van der Waals surface area contributed by atoms with Gasteiger partial charge in [0.15, 0.2) is 5.60 Å². The van der Waals surface area contributed by atoms with Gasteiger partial charge in [0.2, 0.25) is 14.3 Å². The van der Waals surface area contributed by atoms with E-state index in [0.29, 0.717) is 29.9 Å². The van der Waals surface area contributed by atoms with Gasteiger partial charge in [-0.2, -0.15) is 0 Å². The van der Waals surface area contributed by atoms with E-state index in [9.17, 15) is 29.6 Å². The first-order valence-electron chi connectivity index (χ1n) is 17.7. The van der Waals surface area contributed by atoms with Gasteiger partial charge >= 0.3 is 0 Å². The van der Waals surface area contributed by atoms with Gasteiger partial charge in [0, 0.05) is 46.8 Å². The number of nitrogens with zero attached hydrogens (tertiary/aromatic N) is 4. The van der Waals surface area contributed by atoms with Gasteiger partial charge < -0.3 is 23.8 Å². The molecule has 5 atom stereocenters. The van der Waals surface area contributed by atoms with Crippen LogP contribution in [0.3, 0.4) is 0 Å². The molecule has 4 aliphatic rings. The number of nitro groups is 1. The molecule has 1 N–H and O–H groups in total. The average Bonchev–Trinajstić information content (AvgIpc) is 3.85. The van der Waals surface area contributed by atoms with E-state index in [1.54, 1.807) is 16.7 Å². The highest BCUT2D eigenvalue weighted by molar-refractivity contribution is 6.72. The van der Waals surface area contributed by atoms with E-state index < -0.39 is 42.4 Å². The zero-order chi connectivity index (χ0) is 36.7. The summed E-state index contributed by atoms with van der Waals surface area (Å²) < 4.78 is 23.0. The maximum Gasteiger partial charge on any atom is 0.269 e. The molecule has 0 aliphatic carbocycles. The molecule has 13 heteroatoms. The molecule has 268 valence electrons. The number of hydrogen-bond donors (Lipinski definition) is 1. The number of amides is 3. The number of hydrogen-bond acceptors (Lipinski definition) is 7. The summed E-state index contributed by atoms with van der Waals surface area (Å²) in [4.78, 5) is 58.2. The Labute approximate surface area is 300 Å². The van der Waals surface area contributed by atoms with Gasteiger partial charge in [-0.1, -0.05) is 43.3 Å². The lowest BCUT2D eigenvalue weighted by atomic mass is 9.82. The van der Waals surface area contributed by atoms with Crippen molar-refractivity contribution < 1.29 is 33.3 Å². The second-order valence-corrected chi connectivity index (χ2v) is 18.7. The number of likely N-dealkylation sites (tertiary alicyclic amines) is 1. The lowest BCUT2D eigenvalue weighted by Gasteiger charge is -2.31. The summed E-state index contributed by atoms with van der Waals surface area (Å²) in [5.74, 6) is -1.61. The molecule has 0 unspecified atom stereocenters. The van der Waals surface area contributed by atoms with E-state index in [0.717, 1.165) is 28.4 Å². The summed E-state index contributed by atoms with van der Waals surface area (Å²) >= 11 is 0. The van der Waals surface area contributed by atoms with Crippen molar-refractivity contribution in [2.24, 2.45) is 5.92 Å². The molecule has 4 aromatic carbocycles. The van der Waals surface area contributed by atoms with Crippen LogP contribution in [-0.4, -0.2) is 66.4 Å². The third-order valence-electron chi connectivity index (χ3n) is 11.5. The van der Waals surface area contributed by atoms with E-state index in [1.165, 1.54) is 36.2 Å². The number of aliphatic hydroxyl groups is 1. The number of nitro benzene ring substituents is 1. The van der Waals surface area contributed by atoms with Gasteiger partial charge in [-0.15, -0.1) is 0 Å². The summed E-state index contributed by atoms with van der Waals surface area (Å²) in [6, 6.07) is 22.7. The monoisotopic (exact) mass is 722 g/mol. The number of carbonyl (C=O) groups excluding carboxylic acids is 3. The Balaban J connectivity index is 1.13. The van der Waals surface area contributed by atoms with Crippen molar-refractivity contribution in [1.29, 1.82) is 0 Å². The zero-order valence-corrected chi connectivity index (χ0v) is 30.1. The van der Waals surface area contributed by atoms with Crippen LogP contribution in [0.4, 0.5) is 26.9 Å². The lowest BCUT2D eigenvalue weighted by molar-refractivity contribution is -0.385. The fourth-order valence-electron chi connectivity index (χ4n) is 9.25. The maximum atomic E-state index is 16.3. The van der Waals surface area contributed by atoms with Crippen LogP contribution < -0.4 is 9.80 Å². The van der Waals surface area contributed by atoms with Crippen LogP contribution >= 0.6 is 0 Å². The number of aliphatic hydroxyl groups excluding tert-OH is 1. The molecule has 0 saturated carbocycles. The lowest BCUT2D eigenvalue weighted by Crippen LogP contribution is -2.45. The normalized spacial score (nSPS) is 25.2. The number of halogens is 1. The molecule has 4 aromatic rings. The highest BCUT2D eigenvalue weighted by Crippen LogP contribution is 2.61. The fraction of sp³-hybridized carbons (Fsp3) is 0.359. The van der Waals surface area contributed by atoms with Crippen LogP contribution in [0.15, 0.2) is 78.9 Å². The Kier molecular flexibility index (Phi) is 8.08. The average molecular weight is 723 g/mol. The first-order valence-corrected chi connectivity index (χ1v) is 20.6. The first kappa shape index (κ1) is 34.1. The van der Waals surface area contributed by atoms with Crippen LogP contribution in [0.25, 0.3) is 10.8 Å². The fourth-order valence-corrected chi connectivity index (χ4v) is 11.7. The van der Waals surface area contributed by atoms with Crippen LogP contribution in [0, 0.1) is 16.0 Å². The summed E-state index contributed by atoms with van der Waals surface area (Å²) in [6.45, 7) is 5.22. The van der Waals surface area contributed by atoms with Crippen LogP contribution in [-0.2, 0) is 26.5 Å². The second-order valence-electron chi connectivity index (χ2n) is 14.9. The molecule has 0 radical (unpaired) electrons. The largest absolute Gasteiger partial charge is 0.394 e. The molecule has 52 heavy (non-hydrogen) atoms. The molecule has 4 aliphatic heterocycles. The van der Waals surface area contributed by atoms with Gasteiger partial charge in [0.1, 0.15) is 0 Å². The molecule has 3 amide bonds. The van der Waals surface area contributed by atoms with Crippen LogP contribution in [0.5, 0.6) is 0 Å². The minimum Gasteiger partial charge on any atom is -0.394 e. The minimum atomic E-state index is -3.61. The predicted molar refractivity (Wildman–Crippen MR) is 196 cm³/mol. The molecule has 4 heterocycles. The third-order valence-corrected chi connectivity index (χ3v) is 14.0. The van der Waals surface area contributed by atoms with Gasteiger partial charge in [0.05, 0.1) is 53.6 Å². The second kappa shape index (κ2) is 12.3. The van der Waals surface area contributed by atoms with Gasteiger partial charge in [-0.25, -0.2) is 0 Å². The SMILES string of the molecule is C[C@H]1[C@H]([Si](C)(C)F)[C@@H](CC(=O)N2CCC[C@H]2CO)O[C@]12C(=O)N(Cc1ccc(N3C(=O)c4cccc5cccc3c45)cc1)c1ccc([N+](=O)[O-])cc12. The van der Waals surface area contributed by atoms with Gasteiger partial charge in [-0.05, 0) is 67.2 Å². The Morgan fingerprint density at radius 2 is 1.79 bits per heavy atom. The van der Waals surface area contributed by atoms with E-state index in [-0.39, 0.29) is 48.7 Å². The number of non-ortho nitro benzene ring substituents is 1. The van der Waals surface area contributed by atoms with E-state index in [1.807, 2.05) is 60.7 Å². The smallest absolute Gasteiger partial charge is 0.269 e. The summed E-state index contributed by atoms with van der Waals surface area (Å²) in [5, 5.41) is 23.7. The Morgan fingerprint density at radius 1 is 1.06 bits per heavy atom. The molecule has 1 spiro atoms. The van der Waals surface area contributed by atoms with E-state index >= 15 is 4.11 Å². The van der Waals surface area contributed by atoms with Crippen molar-refractivity contribution in [2.75, 3.05) is 23.0 Å². The van der Waals surface area contributed by atoms with Crippen molar-refractivity contribution in [3.8, 4) is 0 Å². The van der Waals surface area contributed by atoms with E-state index in [2.05, 4.69) is 0 Å². The van der Waals surface area contributed by atoms with Crippen molar-refractivity contribution in [1.82, 2.24) is 4.90 Å². The van der Waals surface area contributed by atoms with Crippen molar-refractivity contribution in [2.45, 2.75) is 69.1 Å². The predicted octanol–water partition coefficient (Wildman–Crippen LogP) is 6.74. The standard InChI is InChI=1S/C39H39FN4O7Si/c1-23-36(52(2,3)40)33(20-34(46)41-18-6-9-28(41)22-45)51-39(23)30-19-27(44(49)50)16-17-31(30)42(38(39)48)21-24-12-14-26(15-13-24)43-32-11-5-8-25-7-4-10-29(35(25)32)37(43)47/h4-5,7-8,10-17,19,23,28,33,36,45H,6,9,18,20-22H2,1-3H3/t23-,28-,33+,36-,39+/m0/s1. The van der Waals surface area contributed by atoms with Gasteiger partial charge in [-0.3, -0.25) is 29.4 Å². The Hall–Kier alpha value is -4.98. The van der Waals surface area contributed by atoms with Crippen LogP contribution in [0.1, 0.15) is 47.7 Å². The quantitative estimate of drug-likeness (QED) is 0.0923. The topological polar surface area (TPSA) is 134 Å². The number of fused-ring (bicyclic) bond motifs is 2. The molecule has 11 nitrogen and oxygen atoms in total. The molecule has 0 aromatic heterocycles. The Bertz CT molecular complexity index is 2150. The summed E-state index contributed by atoms with van der Waals surface area (Å²) in [7, 11) is -3.61. The van der Waals surface area contributed by atoms with Crippen molar-refractivity contribution in [3.63, 3.8) is 0 Å². The molecule has 2 saturated heterocycles. The Morgan fingerprint density at radius 3 is 2.48 bits per heavy atom. The van der Waals surface area contributed by atoms with E-state index in [4.69, 9.17) is 4.74 Å². The molecular weight excluding hydrogens is 684 g/mol. The van der Waals surface area contributed by atoms with Crippen molar-refractivity contribution in [3.05, 3.63) is 106 Å². The van der Waals surface area contributed by atoms with Crippen LogP contribution in [0.2, 0.25) is 18.6 Å². The molecule has 2 fully saturated rings. The molecule has 8 rings (SSSR count). The number of anilines is 3. The number of benzene rings is 4. The zero-order valence-electron chi connectivity index (χ0n) is 29.1. The minimum absolute atomic E-state index is 0.0855. The highest BCUT2D eigenvalue weighted by Gasteiger charge is 2.67. The third kappa shape index (κ3) is 5.08. The van der Waals surface area contributed by atoms with Crippen molar-refractivity contribution >= 4 is 59.7 Å². The number of carbonyl (C=O) groups is 3. The summed E-state index contributed by atoms with van der Waals surface area (Å²) in [5.41, 5.74) is 0.794. The first-order chi connectivity index (χ1) is 24.8. The number of rotatable bonds is 8. The molecule has 0 bridgehead atoms. The summed E-state index contributed by atoms with van der Waals surface area (Å²) in [6.07, 6.45) is 0.305. The number of ether oxygens (including phenoxy) is 1. The van der Waals surface area contributed by atoms with Gasteiger partial charge in [0.25, 0.3) is 17.5 Å².